The van der Waals surface area contributed by atoms with Crippen LogP contribution in [0.1, 0.15) is 5.56 Å². The molecule has 0 bridgehead atoms. The molecule has 0 spiro atoms. The van der Waals surface area contributed by atoms with Gasteiger partial charge in [0.05, 0.1) is 16.1 Å². The lowest BCUT2D eigenvalue weighted by atomic mass is 10.1. The number of fused-ring (bicyclic) bond motifs is 1. The minimum absolute atomic E-state index is 0.0268. The average Bonchev–Trinajstić information content (AvgIpc) is 2.24. The van der Waals surface area contributed by atoms with Gasteiger partial charge in [0.2, 0.25) is 0 Å². The highest BCUT2D eigenvalue weighted by Crippen LogP contribution is 2.36. The zero-order valence-corrected chi connectivity index (χ0v) is 9.93. The number of benzene rings is 1. The van der Waals surface area contributed by atoms with Crippen molar-refractivity contribution in [3.8, 4) is 0 Å². The van der Waals surface area contributed by atoms with Crippen LogP contribution in [0.4, 0.5) is 18.9 Å². The number of nitrogens with two attached hydrogens (primary N) is 1. The lowest BCUT2D eigenvalue weighted by molar-refractivity contribution is -0.137. The molecule has 0 fully saturated rings. The second-order valence-electron chi connectivity index (χ2n) is 3.85. The Morgan fingerprint density at radius 3 is 2.44 bits per heavy atom. The lowest BCUT2D eigenvalue weighted by Crippen LogP contribution is -2.18. The maximum atomic E-state index is 12.6. The van der Waals surface area contributed by atoms with Gasteiger partial charge in [0.1, 0.15) is 0 Å². The van der Waals surface area contributed by atoms with Crippen molar-refractivity contribution in [3.05, 3.63) is 39.1 Å². The fraction of sp³-hybridized carbons (Fsp3) is 0.182. The molecule has 0 unspecified atom stereocenters. The van der Waals surface area contributed by atoms with Crippen molar-refractivity contribution in [1.29, 1.82) is 0 Å². The number of pyridine rings is 1. The maximum Gasteiger partial charge on any atom is 0.416 e. The van der Waals surface area contributed by atoms with Crippen molar-refractivity contribution >= 4 is 28.2 Å². The van der Waals surface area contributed by atoms with E-state index in [1.807, 2.05) is 0 Å². The largest absolute Gasteiger partial charge is 0.416 e. The molecule has 1 aromatic carbocycles. The normalized spacial score (nSPS) is 12.1. The SMILES string of the molecule is Cn1c(=O)cc(N)c2cc(C(F)(F)F)cc(Cl)c21. The molecule has 0 radical (unpaired) electrons. The van der Waals surface area contributed by atoms with Crippen LogP contribution in [0, 0.1) is 0 Å². The molecule has 18 heavy (non-hydrogen) atoms. The molecular weight excluding hydrogens is 269 g/mol. The van der Waals surface area contributed by atoms with E-state index in [1.54, 1.807) is 0 Å². The van der Waals surface area contributed by atoms with Crippen LogP contribution in [0.15, 0.2) is 23.0 Å². The molecule has 0 amide bonds. The highest BCUT2D eigenvalue weighted by Gasteiger charge is 2.31. The number of nitrogen functional groups attached to an aromatic ring is 1. The Labute approximate surface area is 105 Å². The van der Waals surface area contributed by atoms with Gasteiger partial charge in [-0.1, -0.05) is 11.6 Å². The molecule has 0 saturated carbocycles. The molecule has 2 rings (SSSR count). The number of aromatic nitrogens is 1. The summed E-state index contributed by atoms with van der Waals surface area (Å²) in [5.74, 6) is 0. The third-order valence-corrected chi connectivity index (χ3v) is 2.93. The molecule has 2 aromatic rings. The van der Waals surface area contributed by atoms with Crippen LogP contribution in [-0.2, 0) is 13.2 Å². The molecule has 2 N–H and O–H groups in total. The second-order valence-corrected chi connectivity index (χ2v) is 4.26. The summed E-state index contributed by atoms with van der Waals surface area (Å²) in [5.41, 5.74) is 4.40. The Balaban J connectivity index is 2.95. The molecule has 7 heteroatoms. The number of aryl methyl sites for hydroxylation is 1. The molecule has 0 atom stereocenters. The zero-order valence-electron chi connectivity index (χ0n) is 9.18. The summed E-state index contributed by atoms with van der Waals surface area (Å²) in [6.07, 6.45) is -4.51. The van der Waals surface area contributed by atoms with Gasteiger partial charge in [-0.2, -0.15) is 13.2 Å². The standard InChI is InChI=1S/C11H8ClF3N2O/c1-17-9(18)4-8(16)6-2-5(11(13,14)15)3-7(12)10(6)17/h2-4H,16H2,1H3. The van der Waals surface area contributed by atoms with Gasteiger partial charge in [0, 0.05) is 24.2 Å². The first-order chi connectivity index (χ1) is 8.21. The van der Waals surface area contributed by atoms with Gasteiger partial charge in [-0.25, -0.2) is 0 Å². The molecular formula is C11H8ClF3N2O. The van der Waals surface area contributed by atoms with Crippen molar-refractivity contribution in [2.45, 2.75) is 6.18 Å². The summed E-state index contributed by atoms with van der Waals surface area (Å²) in [5, 5.41) is -0.0522. The van der Waals surface area contributed by atoms with Crippen LogP contribution in [0.3, 0.4) is 0 Å². The number of rotatable bonds is 0. The average molecular weight is 277 g/mol. The van der Waals surface area contributed by atoms with Gasteiger partial charge in [-0.15, -0.1) is 0 Å². The van der Waals surface area contributed by atoms with Gasteiger partial charge in [0.15, 0.2) is 0 Å². The van der Waals surface area contributed by atoms with Crippen LogP contribution in [0.5, 0.6) is 0 Å². The van der Waals surface area contributed by atoms with Gasteiger partial charge in [-0.3, -0.25) is 4.79 Å². The maximum absolute atomic E-state index is 12.6. The summed E-state index contributed by atoms with van der Waals surface area (Å²) in [6, 6.07) is 2.73. The molecule has 0 aliphatic carbocycles. The summed E-state index contributed by atoms with van der Waals surface area (Å²) in [6.45, 7) is 0. The van der Waals surface area contributed by atoms with Crippen LogP contribution >= 0.6 is 11.6 Å². The number of hydrogen-bond acceptors (Lipinski definition) is 2. The Bertz CT molecular complexity index is 691. The van der Waals surface area contributed by atoms with Crippen molar-refractivity contribution in [2.75, 3.05) is 5.73 Å². The van der Waals surface area contributed by atoms with Gasteiger partial charge < -0.3 is 10.3 Å². The molecule has 0 saturated heterocycles. The van der Waals surface area contributed by atoms with Gasteiger partial charge >= 0.3 is 6.18 Å². The first-order valence-electron chi connectivity index (χ1n) is 4.88. The summed E-state index contributed by atoms with van der Waals surface area (Å²) < 4.78 is 39.1. The Kier molecular flexibility index (Phi) is 2.77. The Hall–Kier alpha value is -1.69. The van der Waals surface area contributed by atoms with E-state index in [1.165, 1.54) is 7.05 Å². The minimum Gasteiger partial charge on any atom is -0.398 e. The fourth-order valence-corrected chi connectivity index (χ4v) is 2.09. The van der Waals surface area contributed by atoms with E-state index in [2.05, 4.69) is 0 Å². The first kappa shape index (κ1) is 12.8. The molecule has 0 aliphatic rings. The molecule has 1 aromatic heterocycles. The second kappa shape index (κ2) is 3.91. The zero-order chi connectivity index (χ0) is 13.7. The quantitative estimate of drug-likeness (QED) is 0.804. The summed E-state index contributed by atoms with van der Waals surface area (Å²) in [7, 11) is 1.42. The van der Waals surface area contributed by atoms with Crippen LogP contribution < -0.4 is 11.3 Å². The molecule has 0 aliphatic heterocycles. The number of alkyl halides is 3. The highest BCUT2D eigenvalue weighted by atomic mass is 35.5. The monoisotopic (exact) mass is 276 g/mol. The van der Waals surface area contributed by atoms with E-state index in [-0.39, 0.29) is 21.6 Å². The number of nitrogens with zero attached hydrogens (tertiary/aromatic N) is 1. The van der Waals surface area contributed by atoms with E-state index in [9.17, 15) is 18.0 Å². The number of hydrogen-bond donors (Lipinski definition) is 1. The van der Waals surface area contributed by atoms with Crippen molar-refractivity contribution in [2.24, 2.45) is 7.05 Å². The van der Waals surface area contributed by atoms with E-state index >= 15 is 0 Å². The first-order valence-corrected chi connectivity index (χ1v) is 5.25. The van der Waals surface area contributed by atoms with E-state index in [0.717, 1.165) is 22.8 Å². The Morgan fingerprint density at radius 1 is 1.28 bits per heavy atom. The topological polar surface area (TPSA) is 48.0 Å². The van der Waals surface area contributed by atoms with E-state index < -0.39 is 17.3 Å². The molecule has 3 nitrogen and oxygen atoms in total. The van der Waals surface area contributed by atoms with E-state index in [0.29, 0.717) is 0 Å². The van der Waals surface area contributed by atoms with Crippen LogP contribution in [-0.4, -0.2) is 4.57 Å². The van der Waals surface area contributed by atoms with Crippen molar-refractivity contribution < 1.29 is 13.2 Å². The fourth-order valence-electron chi connectivity index (χ4n) is 1.74. The van der Waals surface area contributed by atoms with E-state index in [4.69, 9.17) is 17.3 Å². The van der Waals surface area contributed by atoms with Crippen LogP contribution in [0.2, 0.25) is 5.02 Å². The third kappa shape index (κ3) is 1.92. The molecule has 96 valence electrons. The predicted octanol–water partition coefficient (Wildman–Crippen LogP) is 2.79. The van der Waals surface area contributed by atoms with Gasteiger partial charge in [-0.05, 0) is 12.1 Å². The van der Waals surface area contributed by atoms with Crippen molar-refractivity contribution in [1.82, 2.24) is 4.57 Å². The molecule has 1 heterocycles. The smallest absolute Gasteiger partial charge is 0.398 e. The van der Waals surface area contributed by atoms with Crippen molar-refractivity contribution in [3.63, 3.8) is 0 Å². The Morgan fingerprint density at radius 2 is 1.89 bits per heavy atom. The van der Waals surface area contributed by atoms with Gasteiger partial charge in [0.25, 0.3) is 5.56 Å². The highest BCUT2D eigenvalue weighted by molar-refractivity contribution is 6.35. The predicted molar refractivity (Wildman–Crippen MR) is 63.6 cm³/mol. The minimum atomic E-state index is -4.51. The number of halogens is 4. The lowest BCUT2D eigenvalue weighted by Gasteiger charge is -2.13. The summed E-state index contributed by atoms with van der Waals surface area (Å²) >= 11 is 5.80. The third-order valence-electron chi connectivity index (χ3n) is 2.65. The van der Waals surface area contributed by atoms with Crippen LogP contribution in [0.25, 0.3) is 10.9 Å². The number of anilines is 1. The summed E-state index contributed by atoms with van der Waals surface area (Å²) in [4.78, 5) is 11.5.